The Labute approximate surface area is 97.1 Å². The summed E-state index contributed by atoms with van der Waals surface area (Å²) < 4.78 is 22.7. The molecule has 2 N–H and O–H groups in total. The number of halogens is 1. The highest BCUT2D eigenvalue weighted by Crippen LogP contribution is 2.41. The van der Waals surface area contributed by atoms with Crippen molar-refractivity contribution < 1.29 is 8.42 Å². The van der Waals surface area contributed by atoms with E-state index in [9.17, 15) is 8.42 Å². The minimum atomic E-state index is -3.56. The van der Waals surface area contributed by atoms with Gasteiger partial charge < -0.3 is 4.90 Å². The molecule has 1 heterocycles. The smallest absolute Gasteiger partial charge is 0.240 e. The van der Waals surface area contributed by atoms with Crippen molar-refractivity contribution in [1.82, 2.24) is 4.90 Å². The second kappa shape index (κ2) is 3.70. The molecule has 0 radical (unpaired) electrons. The first-order valence-electron chi connectivity index (χ1n) is 3.96. The number of primary sulfonamides is 1. The van der Waals surface area contributed by atoms with Gasteiger partial charge in [-0.15, -0.1) is 0 Å². The molecule has 0 aromatic carbocycles. The van der Waals surface area contributed by atoms with Crippen LogP contribution in [-0.2, 0) is 10.0 Å². The summed E-state index contributed by atoms with van der Waals surface area (Å²) in [6, 6.07) is 0. The highest BCUT2D eigenvalue weighted by atomic mass is 79.9. The molecule has 0 spiro atoms. The second-order valence-electron chi connectivity index (χ2n) is 4.03. The van der Waals surface area contributed by atoms with Crippen LogP contribution in [-0.4, -0.2) is 23.6 Å². The summed E-state index contributed by atoms with van der Waals surface area (Å²) in [6.07, 6.45) is 1.76. The number of thioether (sulfide) groups is 1. The molecule has 1 rings (SSSR count). The fraction of sp³-hybridized carbons (Fsp3) is 0.714. The van der Waals surface area contributed by atoms with Crippen molar-refractivity contribution in [3.63, 3.8) is 0 Å². The van der Waals surface area contributed by atoms with Crippen LogP contribution in [0.4, 0.5) is 0 Å². The number of sulfonamides is 1. The van der Waals surface area contributed by atoms with E-state index in [1.165, 1.54) is 11.8 Å². The fourth-order valence-corrected chi connectivity index (χ4v) is 4.61. The molecule has 1 atom stereocenters. The van der Waals surface area contributed by atoms with Crippen LogP contribution in [0.25, 0.3) is 0 Å². The largest absolute Gasteiger partial charge is 0.345 e. The quantitative estimate of drug-likeness (QED) is 0.799. The Morgan fingerprint density at radius 1 is 1.57 bits per heavy atom. The van der Waals surface area contributed by atoms with E-state index in [1.54, 1.807) is 11.1 Å². The van der Waals surface area contributed by atoms with Gasteiger partial charge in [0, 0.05) is 11.7 Å². The third-order valence-electron chi connectivity index (χ3n) is 1.74. The van der Waals surface area contributed by atoms with Gasteiger partial charge in [-0.2, -0.15) is 0 Å². The first-order chi connectivity index (χ1) is 6.12. The van der Waals surface area contributed by atoms with Gasteiger partial charge in [0.25, 0.3) is 0 Å². The third kappa shape index (κ3) is 2.65. The van der Waals surface area contributed by atoms with E-state index in [2.05, 4.69) is 15.9 Å². The first kappa shape index (κ1) is 12.4. The molecule has 7 heteroatoms. The molecule has 82 valence electrons. The monoisotopic (exact) mass is 300 g/mol. The summed E-state index contributed by atoms with van der Waals surface area (Å²) >= 11 is 4.46. The molecule has 0 bridgehead atoms. The molecular formula is C7H13BrN2O2S2. The van der Waals surface area contributed by atoms with E-state index >= 15 is 0 Å². The normalized spacial score (nSPS) is 23.9. The molecule has 1 aliphatic rings. The molecule has 0 saturated heterocycles. The molecule has 0 aliphatic carbocycles. The van der Waals surface area contributed by atoms with Crippen LogP contribution in [0.2, 0.25) is 0 Å². The van der Waals surface area contributed by atoms with Gasteiger partial charge in [0.05, 0.1) is 3.81 Å². The lowest BCUT2D eigenvalue weighted by Crippen LogP contribution is -2.46. The van der Waals surface area contributed by atoms with Gasteiger partial charge in [0.15, 0.2) is 4.71 Å². The van der Waals surface area contributed by atoms with Crippen molar-refractivity contribution in [3.8, 4) is 0 Å². The molecule has 0 amide bonds. The van der Waals surface area contributed by atoms with Crippen molar-refractivity contribution >= 4 is 37.7 Å². The highest BCUT2D eigenvalue weighted by Gasteiger charge is 2.38. The van der Waals surface area contributed by atoms with Crippen LogP contribution in [0.3, 0.4) is 0 Å². The van der Waals surface area contributed by atoms with Gasteiger partial charge in [-0.3, -0.25) is 0 Å². The molecule has 4 nitrogen and oxygen atoms in total. The lowest BCUT2D eigenvalue weighted by molar-refractivity contribution is 0.226. The molecule has 0 aromatic heterocycles. The average Bonchev–Trinajstić information content (AvgIpc) is 2.27. The standard InChI is InChI=1S/C7H13BrN2O2S2/c1-7(2,3)10-4-5(8)13-6(10)14(9,11)12/h4,6H,1-3H3,(H2,9,11,12). The summed E-state index contributed by atoms with van der Waals surface area (Å²) in [7, 11) is -3.56. The molecule has 0 aromatic rings. The second-order valence-corrected chi connectivity index (χ2v) is 8.45. The third-order valence-corrected chi connectivity index (χ3v) is 5.14. The van der Waals surface area contributed by atoms with Crippen LogP contribution in [0, 0.1) is 0 Å². The van der Waals surface area contributed by atoms with Crippen LogP contribution in [0.1, 0.15) is 20.8 Å². The zero-order chi connectivity index (χ0) is 11.1. The lowest BCUT2D eigenvalue weighted by atomic mass is 10.1. The van der Waals surface area contributed by atoms with E-state index < -0.39 is 14.7 Å². The maximum Gasteiger partial charge on any atom is 0.240 e. The Balaban J connectivity index is 3.03. The van der Waals surface area contributed by atoms with Gasteiger partial charge in [0.2, 0.25) is 10.0 Å². The Morgan fingerprint density at radius 3 is 2.36 bits per heavy atom. The van der Waals surface area contributed by atoms with Crippen LogP contribution < -0.4 is 5.14 Å². The Kier molecular flexibility index (Phi) is 3.26. The van der Waals surface area contributed by atoms with Crippen LogP contribution >= 0.6 is 27.7 Å². The lowest BCUT2D eigenvalue weighted by Gasteiger charge is -2.35. The van der Waals surface area contributed by atoms with Crippen molar-refractivity contribution in [2.45, 2.75) is 31.0 Å². The zero-order valence-electron chi connectivity index (χ0n) is 8.19. The summed E-state index contributed by atoms with van der Waals surface area (Å²) in [6.45, 7) is 5.82. The summed E-state index contributed by atoms with van der Waals surface area (Å²) in [5.41, 5.74) is -0.264. The SMILES string of the molecule is CC(C)(C)N1C=C(Br)SC1S(N)(=O)=O. The topological polar surface area (TPSA) is 63.4 Å². The van der Waals surface area contributed by atoms with Crippen molar-refractivity contribution in [2.75, 3.05) is 0 Å². The van der Waals surface area contributed by atoms with Crippen molar-refractivity contribution in [2.24, 2.45) is 5.14 Å². The maximum atomic E-state index is 11.3. The predicted octanol–water partition coefficient (Wildman–Crippen LogP) is 1.60. The van der Waals surface area contributed by atoms with Crippen molar-refractivity contribution in [1.29, 1.82) is 0 Å². The molecule has 14 heavy (non-hydrogen) atoms. The number of nitrogens with zero attached hydrogens (tertiary/aromatic N) is 1. The van der Waals surface area contributed by atoms with Gasteiger partial charge in [-0.05, 0) is 36.7 Å². The van der Waals surface area contributed by atoms with E-state index in [1.807, 2.05) is 20.8 Å². The van der Waals surface area contributed by atoms with Crippen molar-refractivity contribution in [3.05, 3.63) is 10.0 Å². The Morgan fingerprint density at radius 2 is 2.07 bits per heavy atom. The maximum absolute atomic E-state index is 11.3. The van der Waals surface area contributed by atoms with Crippen LogP contribution in [0.15, 0.2) is 10.0 Å². The molecule has 1 aliphatic heterocycles. The van der Waals surface area contributed by atoms with E-state index in [-0.39, 0.29) is 5.54 Å². The van der Waals surface area contributed by atoms with E-state index in [0.717, 1.165) is 3.81 Å². The van der Waals surface area contributed by atoms with Gasteiger partial charge in [0.1, 0.15) is 0 Å². The van der Waals surface area contributed by atoms with Gasteiger partial charge in [-0.25, -0.2) is 13.6 Å². The number of hydrogen-bond acceptors (Lipinski definition) is 4. The predicted molar refractivity (Wildman–Crippen MR) is 63.1 cm³/mol. The molecule has 1 unspecified atom stereocenters. The summed E-state index contributed by atoms with van der Waals surface area (Å²) in [4.78, 5) is 1.73. The minimum absolute atomic E-state index is 0.264. The first-order valence-corrected chi connectivity index (χ1v) is 7.24. The molecular weight excluding hydrogens is 288 g/mol. The Hall–Kier alpha value is 0.280. The van der Waals surface area contributed by atoms with Crippen LogP contribution in [0.5, 0.6) is 0 Å². The van der Waals surface area contributed by atoms with Gasteiger partial charge >= 0.3 is 0 Å². The fourth-order valence-electron chi connectivity index (χ4n) is 1.09. The molecule has 0 fully saturated rings. The highest BCUT2D eigenvalue weighted by molar-refractivity contribution is 9.14. The zero-order valence-corrected chi connectivity index (χ0v) is 11.4. The minimum Gasteiger partial charge on any atom is -0.345 e. The summed E-state index contributed by atoms with van der Waals surface area (Å²) in [5, 5.41) is 5.15. The molecule has 0 saturated carbocycles. The Bertz CT molecular complexity index is 358. The van der Waals surface area contributed by atoms with E-state index in [0.29, 0.717) is 0 Å². The number of nitrogens with two attached hydrogens (primary N) is 1. The van der Waals surface area contributed by atoms with E-state index in [4.69, 9.17) is 5.14 Å². The number of rotatable bonds is 1. The number of hydrogen-bond donors (Lipinski definition) is 1. The average molecular weight is 301 g/mol. The summed E-state index contributed by atoms with van der Waals surface area (Å²) in [5.74, 6) is 0. The van der Waals surface area contributed by atoms with Gasteiger partial charge in [-0.1, -0.05) is 11.8 Å².